The van der Waals surface area contributed by atoms with Crippen molar-refractivity contribution in [2.75, 3.05) is 0 Å². The van der Waals surface area contributed by atoms with Crippen LogP contribution in [0.15, 0.2) is 69.4 Å². The molecule has 0 aliphatic carbocycles. The number of nitro benzene ring substituents is 2. The molecule has 6 aromatic rings. The van der Waals surface area contributed by atoms with Crippen molar-refractivity contribution in [3.8, 4) is 41.8 Å². The normalized spacial score (nSPS) is 12.4. The van der Waals surface area contributed by atoms with Gasteiger partial charge in [-0.25, -0.2) is 0 Å². The van der Waals surface area contributed by atoms with Crippen LogP contribution in [0.1, 0.15) is 11.1 Å². The predicted molar refractivity (Wildman–Crippen MR) is 170 cm³/mol. The maximum absolute atomic E-state index is 13.6. The molecule has 4 heterocycles. The van der Waals surface area contributed by atoms with Crippen molar-refractivity contribution in [1.29, 1.82) is 0 Å². The zero-order chi connectivity index (χ0) is 31.6. The average Bonchev–Trinajstić information content (AvgIpc) is 3.82. The minimum atomic E-state index is -4.90. The van der Waals surface area contributed by atoms with Crippen LogP contribution in [0.2, 0.25) is 0 Å². The van der Waals surface area contributed by atoms with Gasteiger partial charge in [-0.15, -0.1) is 22.7 Å². The highest BCUT2D eigenvalue weighted by atomic mass is 32.1. The Hall–Kier alpha value is -4.71. The van der Waals surface area contributed by atoms with Gasteiger partial charge in [-0.1, -0.05) is 0 Å². The minimum Gasteiger partial charge on any atom is -0.258 e. The van der Waals surface area contributed by atoms with Gasteiger partial charge in [-0.2, -0.15) is 30.6 Å². The van der Waals surface area contributed by atoms with Gasteiger partial charge in [-0.05, 0) is 66.6 Å². The largest absolute Gasteiger partial charge is 0.423 e. The highest BCUT2D eigenvalue weighted by molar-refractivity contribution is 7.58. The lowest BCUT2D eigenvalue weighted by Crippen LogP contribution is -2.08. The molecule has 0 fully saturated rings. The third-order valence-corrected chi connectivity index (χ3v) is 10.5. The van der Waals surface area contributed by atoms with Gasteiger partial charge in [0.15, 0.2) is 0 Å². The number of hydrogen-bond acceptors (Lipinski definition) is 11. The first kappa shape index (κ1) is 29.0. The summed E-state index contributed by atoms with van der Waals surface area (Å²) in [5, 5.41) is 22.5. The van der Waals surface area contributed by atoms with Crippen LogP contribution in [0.4, 0.5) is 35.9 Å². The van der Waals surface area contributed by atoms with Gasteiger partial charge in [0.1, 0.15) is 28.0 Å². The van der Waals surface area contributed by atoms with E-state index in [4.69, 9.17) is 0 Å². The van der Waals surface area contributed by atoms with Crippen molar-refractivity contribution < 1.29 is 23.0 Å². The number of aryl methyl sites for hydroxylation is 1. The molecule has 7 rings (SSSR count). The molecule has 1 aliphatic rings. The van der Waals surface area contributed by atoms with Crippen molar-refractivity contribution in [2.24, 2.45) is 8.73 Å². The number of alkyl halides is 3. The van der Waals surface area contributed by atoms with E-state index in [0.717, 1.165) is 56.1 Å². The van der Waals surface area contributed by atoms with Crippen molar-refractivity contribution in [1.82, 2.24) is 8.75 Å². The molecule has 45 heavy (non-hydrogen) atoms. The van der Waals surface area contributed by atoms with Gasteiger partial charge in [0.25, 0.3) is 11.4 Å². The first-order valence-electron chi connectivity index (χ1n) is 12.7. The second kappa shape index (κ2) is 10.7. The molecular formula is C28H13F3N6O4S4. The molecule has 1 aliphatic heterocycles. The van der Waals surface area contributed by atoms with E-state index in [-0.39, 0.29) is 11.3 Å². The predicted octanol–water partition coefficient (Wildman–Crippen LogP) is 10.4. The summed E-state index contributed by atoms with van der Waals surface area (Å²) in [6.45, 7) is 1.69. The third-order valence-electron chi connectivity index (χ3n) is 7.09. The summed E-state index contributed by atoms with van der Waals surface area (Å²) in [4.78, 5) is 23.9. The molecular weight excluding hydrogens is 670 g/mol. The van der Waals surface area contributed by atoms with Gasteiger partial charge in [0.2, 0.25) is 0 Å². The smallest absolute Gasteiger partial charge is 0.258 e. The number of fused-ring (bicyclic) bond motifs is 2. The van der Waals surface area contributed by atoms with Gasteiger partial charge in [-0.3, -0.25) is 20.2 Å². The summed E-state index contributed by atoms with van der Waals surface area (Å²) in [6, 6.07) is 15.2. The van der Waals surface area contributed by atoms with Gasteiger partial charge in [0.05, 0.1) is 32.9 Å². The first-order valence-corrected chi connectivity index (χ1v) is 15.8. The van der Waals surface area contributed by atoms with E-state index in [2.05, 4.69) is 17.5 Å². The molecule has 0 radical (unpaired) electrons. The van der Waals surface area contributed by atoms with Crippen molar-refractivity contribution in [3.05, 3.63) is 92.0 Å². The van der Waals surface area contributed by atoms with Gasteiger partial charge in [0, 0.05) is 48.3 Å². The number of nitro groups is 2. The maximum Gasteiger partial charge on any atom is 0.423 e. The molecule has 0 saturated carbocycles. The minimum absolute atomic E-state index is 0.0442. The monoisotopic (exact) mass is 682 g/mol. The Bertz CT molecular complexity index is 2300. The number of benzene rings is 3. The number of hydrogen-bond donors (Lipinski definition) is 0. The summed E-state index contributed by atoms with van der Waals surface area (Å²) in [7, 11) is 0. The molecule has 0 N–H and O–H groups in total. The maximum atomic E-state index is 13.6. The Kier molecular flexibility index (Phi) is 6.92. The molecule has 0 amide bonds. The standard InChI is InChI=1S/C28H13F3N6O4S4/c1-12-10-13(2-4-16(12)36(38)39)18-6-8-20(42-18)22-24-26(34-44-32-24)23(27-25(22)33-45-35-27)21-9-7-19(43-21)14-3-5-17(37(40)41)15(11-14)28(29,30)31/h2-11H,1H3. The van der Waals surface area contributed by atoms with Crippen molar-refractivity contribution in [3.63, 3.8) is 0 Å². The van der Waals surface area contributed by atoms with Gasteiger partial charge >= 0.3 is 6.18 Å². The Morgan fingerprint density at radius 2 is 1.18 bits per heavy atom. The molecule has 0 saturated heterocycles. The van der Waals surface area contributed by atoms with Crippen molar-refractivity contribution >= 4 is 79.5 Å². The second-order valence-electron chi connectivity index (χ2n) is 9.75. The van der Waals surface area contributed by atoms with Crippen LogP contribution in [0, 0.1) is 27.2 Å². The second-order valence-corrected chi connectivity index (χ2v) is 13.0. The zero-order valence-electron chi connectivity index (χ0n) is 22.4. The van der Waals surface area contributed by atoms with E-state index >= 15 is 0 Å². The number of rotatable bonds is 6. The molecule has 0 spiro atoms. The van der Waals surface area contributed by atoms with Crippen LogP contribution in [-0.4, -0.2) is 18.6 Å². The van der Waals surface area contributed by atoms with E-state index in [9.17, 15) is 33.4 Å². The summed E-state index contributed by atoms with van der Waals surface area (Å²) >= 11 is 4.70. The number of halogens is 3. The molecule has 3 aromatic carbocycles. The summed E-state index contributed by atoms with van der Waals surface area (Å²) in [5.74, 6) is 0. The first-order chi connectivity index (χ1) is 21.5. The fourth-order valence-electron chi connectivity index (χ4n) is 5.07. The topological polar surface area (TPSA) is 137 Å². The highest BCUT2D eigenvalue weighted by Gasteiger charge is 2.38. The number of nitrogens with zero attached hydrogens (tertiary/aromatic N) is 6. The zero-order valence-corrected chi connectivity index (χ0v) is 25.6. The third kappa shape index (κ3) is 4.93. The average molecular weight is 683 g/mol. The number of aromatic nitrogens is 2. The lowest BCUT2D eigenvalue weighted by atomic mass is 10.0. The molecule has 10 nitrogen and oxygen atoms in total. The Labute approximate surface area is 266 Å². The highest BCUT2D eigenvalue weighted by Crippen LogP contribution is 2.55. The van der Waals surface area contributed by atoms with E-state index in [1.54, 1.807) is 31.2 Å². The Balaban J connectivity index is 1.32. The molecule has 0 unspecified atom stereocenters. The van der Waals surface area contributed by atoms with Crippen LogP contribution in [0.25, 0.3) is 52.8 Å². The van der Waals surface area contributed by atoms with E-state index in [1.165, 1.54) is 34.8 Å². The van der Waals surface area contributed by atoms with Gasteiger partial charge < -0.3 is 0 Å². The van der Waals surface area contributed by atoms with Crippen LogP contribution >= 0.6 is 34.4 Å². The molecule has 224 valence electrons. The molecule has 0 atom stereocenters. The number of thiophene rings is 2. The quantitative estimate of drug-likeness (QED) is 0.126. The lowest BCUT2D eigenvalue weighted by molar-refractivity contribution is -0.388. The fraction of sp³-hybridized carbons (Fsp3) is 0.0714. The fourth-order valence-corrected chi connectivity index (χ4v) is 8.29. The SMILES string of the molecule is Cc1cc(-c2ccc(-c3c4c(c(-c5ccc(-c6ccc([N+](=O)[O-])c(C(F)(F)F)c6)s5)c5nsnc35)N=S=N4)s2)ccc1[N+](=O)[O-]. The van der Waals surface area contributed by atoms with Crippen LogP contribution in [0.3, 0.4) is 0 Å². The Morgan fingerprint density at radius 3 is 1.67 bits per heavy atom. The molecule has 3 aromatic heterocycles. The van der Waals surface area contributed by atoms with Crippen LogP contribution in [-0.2, 0) is 17.5 Å². The van der Waals surface area contributed by atoms with E-state index in [0.29, 0.717) is 43.3 Å². The molecule has 17 heteroatoms. The van der Waals surface area contributed by atoms with Crippen LogP contribution < -0.4 is 0 Å². The van der Waals surface area contributed by atoms with Crippen LogP contribution in [0.5, 0.6) is 0 Å². The van der Waals surface area contributed by atoms with E-state index in [1.807, 2.05) is 12.1 Å². The Morgan fingerprint density at radius 1 is 0.689 bits per heavy atom. The lowest BCUT2D eigenvalue weighted by Gasteiger charge is -2.10. The van der Waals surface area contributed by atoms with E-state index < -0.39 is 27.3 Å². The van der Waals surface area contributed by atoms with Crippen molar-refractivity contribution in [2.45, 2.75) is 13.1 Å². The summed E-state index contributed by atoms with van der Waals surface area (Å²) in [5.41, 5.74) is 2.97. The summed E-state index contributed by atoms with van der Waals surface area (Å²) < 4.78 is 59.2. The molecule has 0 bridgehead atoms. The summed E-state index contributed by atoms with van der Waals surface area (Å²) in [6.07, 6.45) is -4.90.